The molecule has 5 nitrogen and oxygen atoms in total. The van der Waals surface area contributed by atoms with Crippen LogP contribution in [0.3, 0.4) is 0 Å². The van der Waals surface area contributed by atoms with Crippen LogP contribution in [0.5, 0.6) is 0 Å². The van der Waals surface area contributed by atoms with Crippen molar-refractivity contribution in [1.82, 2.24) is 15.0 Å². The molecular formula is C13H15N3O2S. The summed E-state index contributed by atoms with van der Waals surface area (Å²) in [4.78, 5) is 18.5. The lowest BCUT2D eigenvalue weighted by atomic mass is 9.98. The first-order chi connectivity index (χ1) is 9.24. The van der Waals surface area contributed by atoms with E-state index in [2.05, 4.69) is 10.1 Å². The van der Waals surface area contributed by atoms with Gasteiger partial charge in [-0.3, -0.25) is 4.79 Å². The molecule has 0 saturated carbocycles. The minimum absolute atomic E-state index is 0.0434. The van der Waals surface area contributed by atoms with Gasteiger partial charge >= 0.3 is 0 Å². The van der Waals surface area contributed by atoms with Crippen molar-refractivity contribution in [3.63, 3.8) is 0 Å². The molecule has 1 atom stereocenters. The number of carbonyl (C=O) groups is 1. The van der Waals surface area contributed by atoms with Crippen molar-refractivity contribution in [1.29, 1.82) is 0 Å². The molecule has 3 heterocycles. The summed E-state index contributed by atoms with van der Waals surface area (Å²) in [6.45, 7) is 3.29. The third-order valence-electron chi connectivity index (χ3n) is 3.36. The Morgan fingerprint density at radius 3 is 3.16 bits per heavy atom. The van der Waals surface area contributed by atoms with Crippen LogP contribution >= 0.6 is 11.3 Å². The smallest absolute Gasteiger partial charge is 0.276 e. The normalized spacial score (nSPS) is 19.6. The summed E-state index contributed by atoms with van der Waals surface area (Å²) in [6.07, 6.45) is 3.92. The van der Waals surface area contributed by atoms with E-state index < -0.39 is 0 Å². The van der Waals surface area contributed by atoms with Crippen molar-refractivity contribution in [2.75, 3.05) is 13.1 Å². The van der Waals surface area contributed by atoms with Crippen molar-refractivity contribution >= 4 is 17.2 Å². The van der Waals surface area contributed by atoms with Gasteiger partial charge in [-0.1, -0.05) is 5.16 Å². The topological polar surface area (TPSA) is 59.2 Å². The lowest BCUT2D eigenvalue weighted by molar-refractivity contribution is 0.0696. The molecular weight excluding hydrogens is 262 g/mol. The van der Waals surface area contributed by atoms with E-state index >= 15 is 0 Å². The summed E-state index contributed by atoms with van der Waals surface area (Å²) in [5.74, 6) is 0.973. The van der Waals surface area contributed by atoms with Gasteiger partial charge in [0, 0.05) is 36.7 Å². The molecule has 0 unspecified atom stereocenters. The van der Waals surface area contributed by atoms with E-state index in [1.54, 1.807) is 24.3 Å². The number of rotatable bonds is 2. The van der Waals surface area contributed by atoms with Crippen LogP contribution in [-0.4, -0.2) is 34.0 Å². The second kappa shape index (κ2) is 5.13. The summed E-state index contributed by atoms with van der Waals surface area (Å²) in [7, 11) is 0. The minimum atomic E-state index is -0.0434. The Bertz CT molecular complexity index is 564. The van der Waals surface area contributed by atoms with Crippen LogP contribution in [0.15, 0.2) is 22.2 Å². The fourth-order valence-corrected chi connectivity index (χ4v) is 3.20. The van der Waals surface area contributed by atoms with E-state index in [1.165, 1.54) is 0 Å². The zero-order chi connectivity index (χ0) is 13.2. The Morgan fingerprint density at radius 1 is 1.58 bits per heavy atom. The standard InChI is InChI=1S/C13H15N3O2S/c1-9-7-11(15-18-9)13(17)16-5-2-3-10(8-16)12-14-4-6-19-12/h4,6-7,10H,2-3,5,8H2,1H3/t10-/m0/s1. The molecule has 0 bridgehead atoms. The molecule has 1 amide bonds. The van der Waals surface area contributed by atoms with Gasteiger partial charge in [-0.2, -0.15) is 0 Å². The first kappa shape index (κ1) is 12.3. The summed E-state index contributed by atoms with van der Waals surface area (Å²) < 4.78 is 4.97. The molecule has 19 heavy (non-hydrogen) atoms. The van der Waals surface area contributed by atoms with Crippen molar-refractivity contribution < 1.29 is 9.32 Å². The highest BCUT2D eigenvalue weighted by Crippen LogP contribution is 2.28. The number of aromatic nitrogens is 2. The predicted octanol–water partition coefficient (Wildman–Crippen LogP) is 2.46. The minimum Gasteiger partial charge on any atom is -0.361 e. The lowest BCUT2D eigenvalue weighted by Crippen LogP contribution is -2.39. The predicted molar refractivity (Wildman–Crippen MR) is 71.2 cm³/mol. The van der Waals surface area contributed by atoms with Gasteiger partial charge in [0.05, 0.1) is 5.01 Å². The number of aryl methyl sites for hydroxylation is 1. The maximum absolute atomic E-state index is 12.3. The van der Waals surface area contributed by atoms with Gasteiger partial charge in [0.25, 0.3) is 5.91 Å². The molecule has 6 heteroatoms. The van der Waals surface area contributed by atoms with E-state index in [0.717, 1.165) is 30.9 Å². The molecule has 1 fully saturated rings. The van der Waals surface area contributed by atoms with Crippen LogP contribution in [0.2, 0.25) is 0 Å². The van der Waals surface area contributed by atoms with E-state index in [4.69, 9.17) is 4.52 Å². The Labute approximate surface area is 115 Å². The van der Waals surface area contributed by atoms with Gasteiger partial charge in [-0.05, 0) is 19.8 Å². The summed E-state index contributed by atoms with van der Waals surface area (Å²) in [5.41, 5.74) is 0.400. The molecule has 2 aromatic heterocycles. The van der Waals surface area contributed by atoms with E-state index in [1.807, 2.05) is 16.5 Å². The van der Waals surface area contributed by atoms with Crippen molar-refractivity contribution in [3.05, 3.63) is 34.1 Å². The third kappa shape index (κ3) is 2.53. The highest BCUT2D eigenvalue weighted by atomic mass is 32.1. The lowest BCUT2D eigenvalue weighted by Gasteiger charge is -2.31. The average Bonchev–Trinajstić information content (AvgIpc) is 3.09. The van der Waals surface area contributed by atoms with Gasteiger partial charge < -0.3 is 9.42 Å². The molecule has 100 valence electrons. The maximum atomic E-state index is 12.3. The Kier molecular flexibility index (Phi) is 3.33. The van der Waals surface area contributed by atoms with Gasteiger partial charge in [0.1, 0.15) is 5.76 Å². The number of piperidine rings is 1. The fourth-order valence-electron chi connectivity index (χ4n) is 2.43. The SMILES string of the molecule is Cc1cc(C(=O)N2CCC[C@H](c3nccs3)C2)no1. The number of thiazole rings is 1. The maximum Gasteiger partial charge on any atom is 0.276 e. The summed E-state index contributed by atoms with van der Waals surface area (Å²) in [5, 5.41) is 6.90. The van der Waals surface area contributed by atoms with Gasteiger partial charge in [-0.25, -0.2) is 4.98 Å². The Hall–Kier alpha value is -1.69. The van der Waals surface area contributed by atoms with Crippen LogP contribution in [0.4, 0.5) is 0 Å². The number of carbonyl (C=O) groups excluding carboxylic acids is 1. The van der Waals surface area contributed by atoms with Crippen molar-refractivity contribution in [2.45, 2.75) is 25.7 Å². The summed E-state index contributed by atoms with van der Waals surface area (Å²) >= 11 is 1.66. The molecule has 2 aromatic rings. The first-order valence-electron chi connectivity index (χ1n) is 6.36. The van der Waals surface area contributed by atoms with Crippen LogP contribution < -0.4 is 0 Å². The molecule has 0 aromatic carbocycles. The zero-order valence-electron chi connectivity index (χ0n) is 10.7. The monoisotopic (exact) mass is 277 g/mol. The van der Waals surface area contributed by atoms with Crippen LogP contribution in [0.1, 0.15) is 40.0 Å². The average molecular weight is 277 g/mol. The van der Waals surface area contributed by atoms with E-state index in [0.29, 0.717) is 17.4 Å². The van der Waals surface area contributed by atoms with Crippen LogP contribution in [0.25, 0.3) is 0 Å². The van der Waals surface area contributed by atoms with Gasteiger partial charge in [0.2, 0.25) is 0 Å². The van der Waals surface area contributed by atoms with Gasteiger partial charge in [0.15, 0.2) is 5.69 Å². The molecule has 0 aliphatic carbocycles. The molecule has 3 rings (SSSR count). The second-order valence-corrected chi connectivity index (χ2v) is 5.71. The highest BCUT2D eigenvalue weighted by Gasteiger charge is 2.28. The second-order valence-electron chi connectivity index (χ2n) is 4.78. The molecule has 0 N–H and O–H groups in total. The Morgan fingerprint density at radius 2 is 2.47 bits per heavy atom. The quantitative estimate of drug-likeness (QED) is 0.846. The van der Waals surface area contributed by atoms with E-state index in [9.17, 15) is 4.79 Å². The fraction of sp³-hybridized carbons (Fsp3) is 0.462. The number of hydrogen-bond acceptors (Lipinski definition) is 5. The largest absolute Gasteiger partial charge is 0.361 e. The molecule has 1 aliphatic rings. The molecule has 1 saturated heterocycles. The number of nitrogens with zero attached hydrogens (tertiary/aromatic N) is 3. The van der Waals surface area contributed by atoms with Crippen molar-refractivity contribution in [3.8, 4) is 0 Å². The highest BCUT2D eigenvalue weighted by molar-refractivity contribution is 7.09. The van der Waals surface area contributed by atoms with Crippen LogP contribution in [0, 0.1) is 6.92 Å². The third-order valence-corrected chi connectivity index (χ3v) is 4.29. The van der Waals surface area contributed by atoms with E-state index in [-0.39, 0.29) is 5.91 Å². The van der Waals surface area contributed by atoms with Gasteiger partial charge in [-0.15, -0.1) is 11.3 Å². The molecule has 0 spiro atoms. The number of hydrogen-bond donors (Lipinski definition) is 0. The van der Waals surface area contributed by atoms with Crippen LogP contribution in [-0.2, 0) is 0 Å². The molecule has 0 radical (unpaired) electrons. The van der Waals surface area contributed by atoms with Crippen molar-refractivity contribution in [2.24, 2.45) is 0 Å². The first-order valence-corrected chi connectivity index (χ1v) is 7.24. The Balaban J connectivity index is 1.73. The molecule has 1 aliphatic heterocycles. The number of amides is 1. The zero-order valence-corrected chi connectivity index (χ0v) is 11.5. The number of likely N-dealkylation sites (tertiary alicyclic amines) is 1. The summed E-state index contributed by atoms with van der Waals surface area (Å²) in [6, 6.07) is 1.69.